The molecule has 7 rings (SSSR count). The van der Waals surface area contributed by atoms with Crippen molar-refractivity contribution in [2.45, 2.75) is 110 Å². The van der Waals surface area contributed by atoms with Crippen LogP contribution in [-0.2, 0) is 30.1 Å². The monoisotopic (exact) mass is 1040 g/mol. The van der Waals surface area contributed by atoms with E-state index in [-0.39, 0.29) is 36.3 Å². The number of carbonyl (C=O) groups excluding carboxylic acids is 4. The van der Waals surface area contributed by atoms with E-state index in [1.807, 2.05) is 75.7 Å². The van der Waals surface area contributed by atoms with Gasteiger partial charge in [0.15, 0.2) is 5.11 Å². The standard InChI is InChI=1S/C54H60F3N7O7S2/c1-33-46(73-32-60-33)37-12-10-34(11-13-37)29-59-48(67)44-27-41(65)30-62(44)49(68)47(52(2,3)4)61-45(66)31-70-24-8-7-9-25-71-42-22-17-36(18-23-42)35-14-19-39(20-15-35)64-51(72)63(50(69)53(64,5)6)40-21-16-38(28-58)43(26-40)54(55,56)57/h10,12,14-23,26,32,41,44,47,65H,7-9,11,13,24-25,27,29-31H2,1-6H3,(H,59,67)(H,61,66)/t41-,44?,47-/m1/s1. The Labute approximate surface area is 432 Å². The zero-order valence-corrected chi connectivity index (χ0v) is 43.3. The number of aliphatic hydroxyl groups excluding tert-OH is 1. The molecule has 3 heterocycles. The number of likely N-dealkylation sites (tertiary alicyclic amines) is 1. The Morgan fingerprint density at radius 3 is 2.26 bits per heavy atom. The molecule has 4 amide bonds. The molecule has 19 heteroatoms. The smallest absolute Gasteiger partial charge is 0.417 e. The summed E-state index contributed by atoms with van der Waals surface area (Å²) in [6.45, 7) is 11.6. The summed E-state index contributed by atoms with van der Waals surface area (Å²) in [5.74, 6) is -1.08. The summed E-state index contributed by atoms with van der Waals surface area (Å²) in [6, 6.07) is 17.7. The molecule has 1 unspecified atom stereocenters. The maximum absolute atomic E-state index is 14.0. The number of amides is 4. The van der Waals surface area contributed by atoms with Gasteiger partial charge >= 0.3 is 6.18 Å². The van der Waals surface area contributed by atoms with Gasteiger partial charge in [-0.1, -0.05) is 62.8 Å². The highest BCUT2D eigenvalue weighted by Gasteiger charge is 2.51. The fourth-order valence-corrected chi connectivity index (χ4v) is 10.5. The van der Waals surface area contributed by atoms with Gasteiger partial charge in [-0.3, -0.25) is 24.1 Å². The molecule has 0 bridgehead atoms. The first-order chi connectivity index (χ1) is 34.6. The third-order valence-corrected chi connectivity index (χ3v) is 14.5. The number of unbranched alkanes of at least 4 members (excludes halogenated alkanes) is 2. The highest BCUT2D eigenvalue weighted by Crippen LogP contribution is 2.40. The van der Waals surface area contributed by atoms with Gasteiger partial charge < -0.3 is 35.0 Å². The van der Waals surface area contributed by atoms with Crippen molar-refractivity contribution in [2.75, 3.05) is 42.7 Å². The second-order valence-corrected chi connectivity index (χ2v) is 21.2. The molecule has 1 aliphatic carbocycles. The number of alkyl halides is 3. The molecule has 2 aliphatic heterocycles. The molecular weight excluding hydrogens is 980 g/mol. The van der Waals surface area contributed by atoms with E-state index >= 15 is 0 Å². The lowest BCUT2D eigenvalue weighted by Crippen LogP contribution is -2.58. The summed E-state index contributed by atoms with van der Waals surface area (Å²) in [5.41, 5.74) is 3.76. The molecule has 0 saturated carbocycles. The summed E-state index contributed by atoms with van der Waals surface area (Å²) in [6.07, 6.45) is 2.33. The number of aliphatic hydroxyl groups is 1. The van der Waals surface area contributed by atoms with E-state index in [9.17, 15) is 42.7 Å². The minimum Gasteiger partial charge on any atom is -0.494 e. The predicted octanol–water partition coefficient (Wildman–Crippen LogP) is 8.90. The van der Waals surface area contributed by atoms with E-state index in [0.717, 1.165) is 65.1 Å². The van der Waals surface area contributed by atoms with Gasteiger partial charge in [0.25, 0.3) is 5.91 Å². The summed E-state index contributed by atoms with van der Waals surface area (Å²) in [5, 5.41) is 25.6. The minimum atomic E-state index is -4.80. The van der Waals surface area contributed by atoms with Gasteiger partial charge in [-0.05, 0) is 130 Å². The first-order valence-corrected chi connectivity index (χ1v) is 25.4. The van der Waals surface area contributed by atoms with Crippen molar-refractivity contribution in [1.29, 1.82) is 5.26 Å². The molecule has 1 aromatic heterocycles. The number of hydrogen-bond donors (Lipinski definition) is 3. The van der Waals surface area contributed by atoms with Crippen LogP contribution in [0.25, 0.3) is 16.7 Å². The van der Waals surface area contributed by atoms with Gasteiger partial charge in [-0.2, -0.15) is 18.4 Å². The van der Waals surface area contributed by atoms with Gasteiger partial charge in [0, 0.05) is 31.8 Å². The highest BCUT2D eigenvalue weighted by molar-refractivity contribution is 7.81. The second kappa shape index (κ2) is 22.8. The molecule has 3 aromatic carbocycles. The molecule has 14 nitrogen and oxygen atoms in total. The molecule has 2 saturated heterocycles. The Balaban J connectivity index is 0.822. The van der Waals surface area contributed by atoms with Gasteiger partial charge in [0.1, 0.15) is 30.0 Å². The average Bonchev–Trinajstić information content (AvgIpc) is 4.02. The highest BCUT2D eigenvalue weighted by atomic mass is 32.1. The first kappa shape index (κ1) is 54.3. The van der Waals surface area contributed by atoms with E-state index in [4.69, 9.17) is 21.7 Å². The Morgan fingerprint density at radius 1 is 0.973 bits per heavy atom. The van der Waals surface area contributed by atoms with Crippen LogP contribution in [0.2, 0.25) is 0 Å². The summed E-state index contributed by atoms with van der Waals surface area (Å²) in [4.78, 5) is 63.8. The molecule has 2 fully saturated rings. The summed E-state index contributed by atoms with van der Waals surface area (Å²) < 4.78 is 52.9. The van der Waals surface area contributed by atoms with E-state index < -0.39 is 64.2 Å². The number of nitrogens with one attached hydrogen (secondary N) is 2. The van der Waals surface area contributed by atoms with E-state index in [0.29, 0.717) is 37.6 Å². The van der Waals surface area contributed by atoms with Crippen LogP contribution in [0, 0.1) is 23.7 Å². The Hall–Kier alpha value is -6.46. The predicted molar refractivity (Wildman–Crippen MR) is 278 cm³/mol. The van der Waals surface area contributed by atoms with Gasteiger partial charge in [0.2, 0.25) is 17.7 Å². The third-order valence-electron chi connectivity index (χ3n) is 13.1. The quantitative estimate of drug-likeness (QED) is 0.0641. The van der Waals surface area contributed by atoms with Crippen LogP contribution in [0.5, 0.6) is 5.75 Å². The van der Waals surface area contributed by atoms with Crippen LogP contribution in [0.15, 0.2) is 90.0 Å². The Kier molecular flexibility index (Phi) is 16.9. The fourth-order valence-electron chi connectivity index (χ4n) is 9.11. The van der Waals surface area contributed by atoms with Crippen LogP contribution < -0.4 is 25.2 Å². The van der Waals surface area contributed by atoms with Gasteiger partial charge in [-0.25, -0.2) is 4.98 Å². The maximum atomic E-state index is 14.0. The van der Waals surface area contributed by atoms with Crippen LogP contribution in [-0.4, -0.2) is 100 Å². The van der Waals surface area contributed by atoms with Crippen LogP contribution >= 0.6 is 23.6 Å². The van der Waals surface area contributed by atoms with Crippen molar-refractivity contribution in [3.05, 3.63) is 112 Å². The maximum Gasteiger partial charge on any atom is 0.417 e. The number of halogens is 3. The van der Waals surface area contributed by atoms with Crippen molar-refractivity contribution < 1.29 is 46.9 Å². The number of carbonyl (C=O) groups is 4. The molecule has 3 N–H and O–H groups in total. The van der Waals surface area contributed by atoms with Gasteiger partial charge in [0.05, 0.1) is 51.7 Å². The van der Waals surface area contributed by atoms with Crippen molar-refractivity contribution in [3.8, 4) is 22.9 Å². The number of benzene rings is 3. The molecule has 4 aromatic rings. The van der Waals surface area contributed by atoms with Gasteiger partial charge in [-0.15, -0.1) is 11.3 Å². The minimum absolute atomic E-state index is 0.00952. The summed E-state index contributed by atoms with van der Waals surface area (Å²) >= 11 is 7.29. The molecule has 386 valence electrons. The normalized spacial score (nSPS) is 18.3. The second-order valence-electron chi connectivity index (χ2n) is 20.0. The van der Waals surface area contributed by atoms with E-state index in [1.54, 1.807) is 48.3 Å². The summed E-state index contributed by atoms with van der Waals surface area (Å²) in [7, 11) is 0. The number of nitriles is 1. The molecule has 0 radical (unpaired) electrons. The molecule has 3 atom stereocenters. The lowest BCUT2D eigenvalue weighted by Gasteiger charge is -2.35. The largest absolute Gasteiger partial charge is 0.494 e. The number of anilines is 2. The Bertz CT molecular complexity index is 2820. The Morgan fingerprint density at radius 2 is 1.64 bits per heavy atom. The number of thiazole rings is 1. The topological polar surface area (TPSA) is 177 Å². The average molecular weight is 1040 g/mol. The third kappa shape index (κ3) is 12.7. The van der Waals surface area contributed by atoms with Crippen molar-refractivity contribution in [2.24, 2.45) is 5.41 Å². The zero-order chi connectivity index (χ0) is 52.8. The SMILES string of the molecule is Cc1ncsc1C1=CC=C(CNC(=O)C2C[C@@H](O)CN2C(=O)[C@@H](NC(=O)COCCCCCOc2ccc(-c3ccc(N4C(=S)N(c5ccc(C#N)c(C(F)(F)F)c5)C(=O)C4(C)C)cc3)cc2)C(C)(C)C)CC1. The lowest BCUT2D eigenvalue weighted by molar-refractivity contribution is -0.144. The number of β-amino-alcohol motifs (C(OH)–C–C–N with tert-alkyl or cyclic N) is 1. The lowest BCUT2D eigenvalue weighted by atomic mass is 9.85. The fraction of sp³-hybridized carbons (Fsp3) is 0.426. The van der Waals surface area contributed by atoms with E-state index in [2.05, 4.69) is 21.7 Å². The number of ether oxygens (including phenoxy) is 2. The van der Waals surface area contributed by atoms with Crippen molar-refractivity contribution in [3.63, 3.8) is 0 Å². The number of allylic oxidation sites excluding steroid dienone is 3. The van der Waals surface area contributed by atoms with Crippen molar-refractivity contribution in [1.82, 2.24) is 20.5 Å². The molecular formula is C54H60F3N7O7S2. The number of nitrogens with zero attached hydrogens (tertiary/aromatic N) is 5. The number of thiocarbonyl (C=S) groups is 1. The number of aromatic nitrogens is 1. The zero-order valence-electron chi connectivity index (χ0n) is 41.7. The number of rotatable bonds is 18. The molecule has 3 aliphatic rings. The van der Waals surface area contributed by atoms with Crippen LogP contribution in [0.4, 0.5) is 24.5 Å². The number of aryl methyl sites for hydroxylation is 1. The van der Waals surface area contributed by atoms with Crippen molar-refractivity contribution >= 4 is 69.2 Å². The van der Waals surface area contributed by atoms with Crippen LogP contribution in [0.3, 0.4) is 0 Å². The molecule has 0 spiro atoms. The first-order valence-electron chi connectivity index (χ1n) is 24.1. The van der Waals surface area contributed by atoms with Crippen LogP contribution in [0.1, 0.15) is 94.8 Å². The molecule has 73 heavy (non-hydrogen) atoms. The van der Waals surface area contributed by atoms with E-state index in [1.165, 1.54) is 21.4 Å². The number of hydrogen-bond acceptors (Lipinski definition) is 11.